The number of morpholine rings is 1. The van der Waals surface area contributed by atoms with Gasteiger partial charge in [0.25, 0.3) is 0 Å². The minimum Gasteiger partial charge on any atom is -0.379 e. The molecule has 0 bridgehead atoms. The van der Waals surface area contributed by atoms with E-state index < -0.39 is 20.0 Å². The Morgan fingerprint density at radius 3 is 2.26 bits per heavy atom. The van der Waals surface area contributed by atoms with E-state index in [2.05, 4.69) is 10.3 Å². The predicted octanol–water partition coefficient (Wildman–Crippen LogP) is 2.91. The Kier molecular flexibility index (Phi) is 7.93. The van der Waals surface area contributed by atoms with Gasteiger partial charge < -0.3 is 10.1 Å². The number of sulfonamides is 2. The maximum atomic E-state index is 12.8. The molecular formula is C25H28N4O6S3. The number of hydrogen-bond donors (Lipinski definition) is 1. The van der Waals surface area contributed by atoms with E-state index in [-0.39, 0.29) is 22.1 Å². The highest BCUT2D eigenvalue weighted by Gasteiger charge is 2.28. The van der Waals surface area contributed by atoms with Crippen LogP contribution >= 0.6 is 11.3 Å². The van der Waals surface area contributed by atoms with Gasteiger partial charge in [-0.05, 0) is 37.1 Å². The first kappa shape index (κ1) is 26.9. The predicted molar refractivity (Wildman–Crippen MR) is 144 cm³/mol. The Morgan fingerprint density at radius 1 is 0.895 bits per heavy atom. The lowest BCUT2D eigenvalue weighted by Gasteiger charge is -2.26. The van der Waals surface area contributed by atoms with Crippen molar-refractivity contribution in [3.05, 3.63) is 59.5 Å². The molecule has 0 aliphatic carbocycles. The van der Waals surface area contributed by atoms with Crippen molar-refractivity contribution >= 4 is 42.3 Å². The fourth-order valence-electron chi connectivity index (χ4n) is 4.39. The highest BCUT2D eigenvalue weighted by Crippen LogP contribution is 2.27. The number of ketones is 1. The van der Waals surface area contributed by atoms with Crippen LogP contribution in [-0.2, 0) is 24.8 Å². The molecule has 5 rings (SSSR count). The number of rotatable bonds is 9. The van der Waals surface area contributed by atoms with Crippen LogP contribution in [0.15, 0.2) is 63.7 Å². The molecule has 13 heteroatoms. The molecule has 10 nitrogen and oxygen atoms in total. The first-order valence-electron chi connectivity index (χ1n) is 12.3. The molecule has 2 aliphatic heterocycles. The standard InChI is InChI=1S/C25H28N4O6S3/c30-24(20-4-3-5-22(16-20)38(33,34)28-10-1-2-11-28)17-26-25-27-23(18-36-25)19-6-8-21(9-7-19)37(31,32)29-12-14-35-15-13-29/h3-9,16,18H,1-2,10-15,17H2,(H,26,27). The highest BCUT2D eigenvalue weighted by molar-refractivity contribution is 7.89. The van der Waals surface area contributed by atoms with Crippen molar-refractivity contribution in [1.29, 1.82) is 0 Å². The molecule has 0 radical (unpaired) electrons. The number of anilines is 1. The van der Waals surface area contributed by atoms with Gasteiger partial charge in [0.2, 0.25) is 20.0 Å². The summed E-state index contributed by atoms with van der Waals surface area (Å²) in [5.41, 5.74) is 1.71. The second-order valence-corrected chi connectivity index (χ2v) is 13.7. The van der Waals surface area contributed by atoms with Crippen molar-refractivity contribution in [2.45, 2.75) is 22.6 Å². The summed E-state index contributed by atoms with van der Waals surface area (Å²) in [6.07, 6.45) is 1.69. The summed E-state index contributed by atoms with van der Waals surface area (Å²) in [5, 5.41) is 5.36. The Balaban J connectivity index is 1.22. The summed E-state index contributed by atoms with van der Waals surface area (Å²) in [6.45, 7) is 2.40. The third kappa shape index (κ3) is 5.67. The molecule has 2 saturated heterocycles. The minimum atomic E-state index is -3.60. The van der Waals surface area contributed by atoms with Crippen molar-refractivity contribution in [2.24, 2.45) is 0 Å². The van der Waals surface area contributed by atoms with Crippen molar-refractivity contribution in [2.75, 3.05) is 51.3 Å². The largest absolute Gasteiger partial charge is 0.379 e. The van der Waals surface area contributed by atoms with Crippen LogP contribution < -0.4 is 5.32 Å². The van der Waals surface area contributed by atoms with Crippen LogP contribution in [0.5, 0.6) is 0 Å². The second kappa shape index (κ2) is 11.2. The Hall–Kier alpha value is -2.68. The van der Waals surface area contributed by atoms with E-state index >= 15 is 0 Å². The maximum absolute atomic E-state index is 12.8. The van der Waals surface area contributed by atoms with E-state index in [0.717, 1.165) is 18.4 Å². The molecule has 0 atom stereocenters. The maximum Gasteiger partial charge on any atom is 0.243 e. The molecule has 202 valence electrons. The second-order valence-electron chi connectivity index (χ2n) is 8.99. The van der Waals surface area contributed by atoms with Gasteiger partial charge in [0.15, 0.2) is 10.9 Å². The van der Waals surface area contributed by atoms with Gasteiger partial charge in [-0.2, -0.15) is 8.61 Å². The summed E-state index contributed by atoms with van der Waals surface area (Å²) in [6, 6.07) is 12.7. The lowest BCUT2D eigenvalue weighted by molar-refractivity contribution is 0.0730. The zero-order valence-electron chi connectivity index (χ0n) is 20.6. The van der Waals surface area contributed by atoms with Crippen LogP contribution in [0.2, 0.25) is 0 Å². The Morgan fingerprint density at radius 2 is 1.55 bits per heavy atom. The SMILES string of the molecule is O=C(CNc1nc(-c2ccc(S(=O)(=O)N3CCOCC3)cc2)cs1)c1cccc(S(=O)(=O)N2CCCC2)c1. The van der Waals surface area contributed by atoms with Crippen LogP contribution in [0.25, 0.3) is 11.3 Å². The number of benzene rings is 2. The van der Waals surface area contributed by atoms with Crippen LogP contribution in [0.4, 0.5) is 5.13 Å². The minimum absolute atomic E-state index is 0.0447. The molecule has 1 aromatic heterocycles. The van der Waals surface area contributed by atoms with Crippen LogP contribution in [0, 0.1) is 0 Å². The first-order valence-corrected chi connectivity index (χ1v) is 16.0. The number of carbonyl (C=O) groups excluding carboxylic acids is 1. The molecule has 0 unspecified atom stereocenters. The lowest BCUT2D eigenvalue weighted by Crippen LogP contribution is -2.40. The summed E-state index contributed by atoms with van der Waals surface area (Å²) in [4.78, 5) is 17.7. The first-order chi connectivity index (χ1) is 18.2. The van der Waals surface area contributed by atoms with E-state index in [0.29, 0.717) is 55.8 Å². The summed E-state index contributed by atoms with van der Waals surface area (Å²) in [7, 11) is -7.18. The van der Waals surface area contributed by atoms with E-state index in [1.165, 1.54) is 32.1 Å². The monoisotopic (exact) mass is 576 g/mol. The highest BCUT2D eigenvalue weighted by atomic mass is 32.2. The molecule has 38 heavy (non-hydrogen) atoms. The van der Waals surface area contributed by atoms with E-state index in [1.807, 2.05) is 5.38 Å². The number of ether oxygens (including phenoxy) is 1. The van der Waals surface area contributed by atoms with Gasteiger partial charge in [-0.1, -0.05) is 24.3 Å². The number of hydrogen-bond acceptors (Lipinski definition) is 9. The average molecular weight is 577 g/mol. The third-order valence-corrected chi connectivity index (χ3v) is 11.1. The quantitative estimate of drug-likeness (QED) is 0.386. The number of carbonyl (C=O) groups is 1. The molecule has 0 amide bonds. The number of thiazole rings is 1. The van der Waals surface area contributed by atoms with Gasteiger partial charge in [0.05, 0.1) is 35.2 Å². The Labute approximate surface area is 226 Å². The molecular weight excluding hydrogens is 548 g/mol. The van der Waals surface area contributed by atoms with Gasteiger partial charge in [0.1, 0.15) is 0 Å². The number of Topliss-reactive ketones (excluding diaryl/α,β-unsaturated/α-hetero) is 1. The smallest absolute Gasteiger partial charge is 0.243 e. The average Bonchev–Trinajstić information content (AvgIpc) is 3.66. The van der Waals surface area contributed by atoms with E-state index in [1.54, 1.807) is 36.4 Å². The molecule has 3 heterocycles. The normalized spacial score (nSPS) is 17.5. The zero-order chi connectivity index (χ0) is 26.8. The van der Waals surface area contributed by atoms with Crippen LogP contribution in [0.1, 0.15) is 23.2 Å². The fraction of sp³-hybridized carbons (Fsp3) is 0.360. The zero-order valence-corrected chi connectivity index (χ0v) is 23.0. The lowest BCUT2D eigenvalue weighted by atomic mass is 10.1. The van der Waals surface area contributed by atoms with Gasteiger partial charge in [0, 0.05) is 42.7 Å². The number of nitrogens with one attached hydrogen (secondary N) is 1. The van der Waals surface area contributed by atoms with Gasteiger partial charge in [-0.3, -0.25) is 4.79 Å². The fourth-order valence-corrected chi connectivity index (χ4v) is 8.08. The third-order valence-electron chi connectivity index (χ3n) is 6.52. The van der Waals surface area contributed by atoms with Gasteiger partial charge >= 0.3 is 0 Å². The molecule has 3 aromatic rings. The summed E-state index contributed by atoms with van der Waals surface area (Å²) < 4.78 is 59.4. The van der Waals surface area contributed by atoms with E-state index in [4.69, 9.17) is 4.74 Å². The molecule has 0 spiro atoms. The van der Waals surface area contributed by atoms with Crippen molar-refractivity contribution in [3.8, 4) is 11.3 Å². The van der Waals surface area contributed by atoms with E-state index in [9.17, 15) is 21.6 Å². The summed E-state index contributed by atoms with van der Waals surface area (Å²) >= 11 is 1.32. The molecule has 2 fully saturated rings. The number of aromatic nitrogens is 1. The van der Waals surface area contributed by atoms with Crippen molar-refractivity contribution in [3.63, 3.8) is 0 Å². The van der Waals surface area contributed by atoms with Crippen LogP contribution in [0.3, 0.4) is 0 Å². The summed E-state index contributed by atoms with van der Waals surface area (Å²) in [5.74, 6) is -0.252. The van der Waals surface area contributed by atoms with Crippen molar-refractivity contribution in [1.82, 2.24) is 13.6 Å². The van der Waals surface area contributed by atoms with Crippen molar-refractivity contribution < 1.29 is 26.4 Å². The van der Waals surface area contributed by atoms with Gasteiger partial charge in [-0.25, -0.2) is 21.8 Å². The van der Waals surface area contributed by atoms with Gasteiger partial charge in [-0.15, -0.1) is 11.3 Å². The molecule has 1 N–H and O–H groups in total. The van der Waals surface area contributed by atoms with Crippen LogP contribution in [-0.4, -0.2) is 82.2 Å². The Bertz CT molecular complexity index is 1510. The molecule has 2 aromatic carbocycles. The molecule has 2 aliphatic rings. The number of nitrogens with zero attached hydrogens (tertiary/aromatic N) is 3. The molecule has 0 saturated carbocycles. The topological polar surface area (TPSA) is 126 Å².